The van der Waals surface area contributed by atoms with E-state index in [0.717, 1.165) is 23.1 Å². The quantitative estimate of drug-likeness (QED) is 0.363. The molecule has 9 nitrogen and oxygen atoms in total. The summed E-state index contributed by atoms with van der Waals surface area (Å²) in [5.41, 5.74) is 0.579. The van der Waals surface area contributed by atoms with Crippen LogP contribution in [0.4, 0.5) is 0 Å². The first-order chi connectivity index (χ1) is 15.7. The average molecular weight is 505 g/mol. The van der Waals surface area contributed by atoms with Gasteiger partial charge in [-0.3, -0.25) is 10.2 Å². The van der Waals surface area contributed by atoms with Gasteiger partial charge in [0.15, 0.2) is 0 Å². The number of rotatable bonds is 6. The van der Waals surface area contributed by atoms with Gasteiger partial charge in [0, 0.05) is 11.3 Å². The predicted octanol–water partition coefficient (Wildman–Crippen LogP) is 3.42. The van der Waals surface area contributed by atoms with E-state index in [9.17, 15) is 13.2 Å². The van der Waals surface area contributed by atoms with E-state index in [2.05, 4.69) is 9.39 Å². The molecule has 0 fully saturated rings. The van der Waals surface area contributed by atoms with Crippen molar-refractivity contribution in [2.24, 2.45) is 9.39 Å². The van der Waals surface area contributed by atoms with Gasteiger partial charge >= 0.3 is 0 Å². The molecule has 0 saturated heterocycles. The van der Waals surface area contributed by atoms with Crippen molar-refractivity contribution in [3.63, 3.8) is 0 Å². The number of hydrogen-bond donors (Lipinski definition) is 1. The number of aliphatic imine (C=N–C) groups is 1. The van der Waals surface area contributed by atoms with Gasteiger partial charge in [-0.15, -0.1) is 0 Å². The van der Waals surface area contributed by atoms with E-state index in [1.807, 2.05) is 0 Å². The van der Waals surface area contributed by atoms with Crippen molar-refractivity contribution in [1.82, 2.24) is 4.90 Å². The van der Waals surface area contributed by atoms with Gasteiger partial charge in [0.2, 0.25) is 20.2 Å². The number of ether oxygens (including phenoxy) is 2. The number of nitrogens with one attached hydrogen (secondary N) is 1. The molecule has 4 rings (SSSR count). The highest BCUT2D eigenvalue weighted by Gasteiger charge is 2.41. The highest BCUT2D eigenvalue weighted by molar-refractivity contribution is 8.16. The number of fused-ring (bicyclic) bond motifs is 1. The van der Waals surface area contributed by atoms with Crippen LogP contribution in [0.3, 0.4) is 0 Å². The minimum atomic E-state index is -3.69. The zero-order chi connectivity index (χ0) is 23.6. The van der Waals surface area contributed by atoms with E-state index >= 15 is 0 Å². The monoisotopic (exact) mass is 504 g/mol. The SMILES string of the molecule is CS(=O)(=O)C1=NSC2=NC(=O)/C(=C\c3ccc(OCCOc4cccc(Cl)c4)cc3)C(=N)N21. The summed E-state index contributed by atoms with van der Waals surface area (Å²) in [6, 6.07) is 13.9. The summed E-state index contributed by atoms with van der Waals surface area (Å²) < 4.78 is 39.0. The molecule has 2 aliphatic rings. The molecule has 2 heterocycles. The van der Waals surface area contributed by atoms with E-state index in [-0.39, 0.29) is 21.7 Å². The van der Waals surface area contributed by atoms with Gasteiger partial charge in [0.05, 0.1) is 17.5 Å². The van der Waals surface area contributed by atoms with E-state index in [1.165, 1.54) is 6.08 Å². The van der Waals surface area contributed by atoms with Crippen LogP contribution >= 0.6 is 23.5 Å². The standard InChI is InChI=1S/C21H17ClN4O5S2/c1-33(28,29)21-25-32-20-24-19(27)17(18(23)26(20)21)11-13-5-7-15(8-6-13)30-9-10-31-16-4-2-3-14(22)12-16/h2-8,11-12,23H,9-10H2,1H3/b17-11-,23-18?. The van der Waals surface area contributed by atoms with Gasteiger partial charge in [-0.1, -0.05) is 29.8 Å². The second-order valence-electron chi connectivity index (χ2n) is 6.90. The van der Waals surface area contributed by atoms with Gasteiger partial charge in [-0.25, -0.2) is 13.3 Å². The second kappa shape index (κ2) is 9.38. The summed E-state index contributed by atoms with van der Waals surface area (Å²) in [4.78, 5) is 17.3. The lowest BCUT2D eigenvalue weighted by molar-refractivity contribution is -0.114. The van der Waals surface area contributed by atoms with Crippen molar-refractivity contribution in [3.05, 3.63) is 64.7 Å². The zero-order valence-corrected chi connectivity index (χ0v) is 19.6. The molecule has 12 heteroatoms. The van der Waals surface area contributed by atoms with Crippen molar-refractivity contribution in [1.29, 1.82) is 5.41 Å². The van der Waals surface area contributed by atoms with Gasteiger partial charge in [-0.05, 0) is 42.0 Å². The van der Waals surface area contributed by atoms with Gasteiger partial charge in [-0.2, -0.15) is 9.39 Å². The third-order valence-electron chi connectivity index (χ3n) is 4.43. The Kier molecular flexibility index (Phi) is 6.54. The highest BCUT2D eigenvalue weighted by Crippen LogP contribution is 2.29. The first kappa shape index (κ1) is 23.0. The average Bonchev–Trinajstić information content (AvgIpc) is 3.20. The van der Waals surface area contributed by atoms with Crippen molar-refractivity contribution in [3.8, 4) is 11.5 Å². The van der Waals surface area contributed by atoms with E-state index < -0.39 is 15.7 Å². The Morgan fingerprint density at radius 2 is 1.82 bits per heavy atom. The summed E-state index contributed by atoms with van der Waals surface area (Å²) in [5, 5.41) is 8.67. The Hall–Kier alpha value is -3.15. The van der Waals surface area contributed by atoms with Crippen LogP contribution in [0.15, 0.2) is 63.5 Å². The second-order valence-corrected chi connectivity index (χ2v) is 9.98. The number of nitrogens with zero attached hydrogens (tertiary/aromatic N) is 3. The maximum absolute atomic E-state index is 12.4. The van der Waals surface area contributed by atoms with E-state index in [4.69, 9.17) is 26.5 Å². The zero-order valence-electron chi connectivity index (χ0n) is 17.2. The lowest BCUT2D eigenvalue weighted by Gasteiger charge is -2.23. The van der Waals surface area contributed by atoms with Crippen molar-refractivity contribution >= 4 is 61.5 Å². The molecule has 1 N–H and O–H groups in total. The molecule has 2 aromatic carbocycles. The van der Waals surface area contributed by atoms with Crippen molar-refractivity contribution in [2.45, 2.75) is 0 Å². The molecule has 0 unspecified atom stereocenters. The summed E-state index contributed by atoms with van der Waals surface area (Å²) in [7, 11) is -3.69. The Labute approximate surface area is 199 Å². The number of amidine groups is 3. The maximum Gasteiger partial charge on any atom is 0.283 e. The molecular formula is C21H17ClN4O5S2. The Bertz CT molecular complexity index is 1320. The molecule has 170 valence electrons. The minimum absolute atomic E-state index is 0.0406. The van der Waals surface area contributed by atoms with Crippen LogP contribution in [-0.4, -0.2) is 54.9 Å². The van der Waals surface area contributed by atoms with Gasteiger partial charge in [0.1, 0.15) is 30.5 Å². The van der Waals surface area contributed by atoms with Crippen LogP contribution in [0.5, 0.6) is 11.5 Å². The van der Waals surface area contributed by atoms with Crippen LogP contribution in [0.1, 0.15) is 5.56 Å². The molecule has 0 atom stereocenters. The topological polar surface area (TPSA) is 121 Å². The Morgan fingerprint density at radius 1 is 1.12 bits per heavy atom. The molecule has 0 aliphatic carbocycles. The Balaban J connectivity index is 1.40. The molecule has 0 aromatic heterocycles. The number of benzene rings is 2. The number of carbonyl (C=O) groups excluding carboxylic acids is 1. The minimum Gasteiger partial charge on any atom is -0.490 e. The Morgan fingerprint density at radius 3 is 2.48 bits per heavy atom. The smallest absolute Gasteiger partial charge is 0.283 e. The largest absolute Gasteiger partial charge is 0.490 e. The molecule has 0 saturated carbocycles. The first-order valence-corrected chi connectivity index (χ1v) is 12.6. The molecule has 0 radical (unpaired) electrons. The summed E-state index contributed by atoms with van der Waals surface area (Å²) in [6.45, 7) is 0.643. The summed E-state index contributed by atoms with van der Waals surface area (Å²) in [5.74, 6) is 0.318. The molecule has 0 spiro atoms. The summed E-state index contributed by atoms with van der Waals surface area (Å²) >= 11 is 6.67. The third kappa shape index (κ3) is 5.27. The number of carbonyl (C=O) groups is 1. The fourth-order valence-electron chi connectivity index (χ4n) is 2.94. The molecular weight excluding hydrogens is 488 g/mol. The highest BCUT2D eigenvalue weighted by atomic mass is 35.5. The lowest BCUT2D eigenvalue weighted by Crippen LogP contribution is -2.45. The van der Waals surface area contributed by atoms with E-state index in [0.29, 0.717) is 35.3 Å². The van der Waals surface area contributed by atoms with Crippen LogP contribution in [0, 0.1) is 5.41 Å². The van der Waals surface area contributed by atoms with Crippen molar-refractivity contribution in [2.75, 3.05) is 19.5 Å². The summed E-state index contributed by atoms with van der Waals surface area (Å²) in [6.07, 6.45) is 2.46. The van der Waals surface area contributed by atoms with Gasteiger partial charge in [0.25, 0.3) is 5.91 Å². The maximum atomic E-state index is 12.4. The van der Waals surface area contributed by atoms with E-state index in [1.54, 1.807) is 48.5 Å². The number of halogens is 1. The third-order valence-corrected chi connectivity index (χ3v) is 6.42. The lowest BCUT2D eigenvalue weighted by atomic mass is 10.1. The fourth-order valence-corrected chi connectivity index (χ4v) is 4.97. The van der Waals surface area contributed by atoms with Crippen LogP contribution in [0.2, 0.25) is 5.02 Å². The molecule has 2 aromatic rings. The fraction of sp³-hybridized carbons (Fsp3) is 0.143. The van der Waals surface area contributed by atoms with Crippen LogP contribution < -0.4 is 9.47 Å². The van der Waals surface area contributed by atoms with Crippen LogP contribution in [-0.2, 0) is 14.6 Å². The number of amides is 1. The normalized spacial score (nSPS) is 17.0. The number of sulfone groups is 1. The van der Waals surface area contributed by atoms with Crippen LogP contribution in [0.25, 0.3) is 6.08 Å². The number of hydrogen-bond acceptors (Lipinski definition) is 8. The molecule has 33 heavy (non-hydrogen) atoms. The molecule has 0 bridgehead atoms. The molecule has 1 amide bonds. The predicted molar refractivity (Wildman–Crippen MR) is 129 cm³/mol. The molecule has 2 aliphatic heterocycles. The van der Waals surface area contributed by atoms with Gasteiger partial charge < -0.3 is 9.47 Å². The first-order valence-electron chi connectivity index (χ1n) is 9.52. The van der Waals surface area contributed by atoms with Crippen molar-refractivity contribution < 1.29 is 22.7 Å².